The number of aldehydes is 1. The summed E-state index contributed by atoms with van der Waals surface area (Å²) in [4.78, 5) is 22.8. The SMILES string of the molecule is O=CC1N=C(N2CCC=C(c3ccccc3)C2)Sc2ncccc21. The molecule has 0 saturated heterocycles. The number of carbonyl (C=O) groups is 1. The predicted molar refractivity (Wildman–Crippen MR) is 96.9 cm³/mol. The summed E-state index contributed by atoms with van der Waals surface area (Å²) < 4.78 is 0. The third kappa shape index (κ3) is 2.87. The summed E-state index contributed by atoms with van der Waals surface area (Å²) in [5, 5.41) is 1.77. The standard InChI is InChI=1S/C19H17N3OS/c23-13-17-16-9-4-10-20-18(16)24-19(21-17)22-11-5-8-15(12-22)14-6-2-1-3-7-14/h1-4,6-10,13,17H,5,11-12H2. The van der Waals surface area contributed by atoms with Crippen LogP contribution in [-0.2, 0) is 4.79 Å². The second-order valence-corrected chi connectivity index (χ2v) is 6.75. The van der Waals surface area contributed by atoms with Crippen LogP contribution in [0.5, 0.6) is 0 Å². The van der Waals surface area contributed by atoms with E-state index in [4.69, 9.17) is 0 Å². The van der Waals surface area contributed by atoms with E-state index >= 15 is 0 Å². The van der Waals surface area contributed by atoms with Gasteiger partial charge in [0.05, 0.1) is 0 Å². The first kappa shape index (κ1) is 15.1. The van der Waals surface area contributed by atoms with Gasteiger partial charge in [0, 0.05) is 24.8 Å². The van der Waals surface area contributed by atoms with Crippen LogP contribution in [0, 0.1) is 0 Å². The first-order chi connectivity index (χ1) is 11.8. The van der Waals surface area contributed by atoms with Crippen LogP contribution in [0.2, 0.25) is 0 Å². The van der Waals surface area contributed by atoms with Gasteiger partial charge in [-0.25, -0.2) is 9.98 Å². The fourth-order valence-electron chi connectivity index (χ4n) is 3.03. The van der Waals surface area contributed by atoms with Crippen LogP contribution in [-0.4, -0.2) is 34.4 Å². The Morgan fingerprint density at radius 1 is 1.17 bits per heavy atom. The number of carbonyl (C=O) groups excluding carboxylic acids is 1. The molecule has 0 aliphatic carbocycles. The molecule has 1 atom stereocenters. The van der Waals surface area contributed by atoms with Gasteiger partial charge >= 0.3 is 0 Å². The summed E-state index contributed by atoms with van der Waals surface area (Å²) in [6.07, 6.45) is 5.94. The van der Waals surface area contributed by atoms with Crippen LogP contribution in [0.25, 0.3) is 5.57 Å². The van der Waals surface area contributed by atoms with Gasteiger partial charge in [0.1, 0.15) is 17.4 Å². The summed E-state index contributed by atoms with van der Waals surface area (Å²) in [6.45, 7) is 1.72. The van der Waals surface area contributed by atoms with E-state index in [1.807, 2.05) is 18.2 Å². The number of aromatic nitrogens is 1. The molecule has 120 valence electrons. The van der Waals surface area contributed by atoms with Crippen molar-refractivity contribution >= 4 is 28.8 Å². The molecule has 1 aromatic heterocycles. The van der Waals surface area contributed by atoms with Crippen molar-refractivity contribution < 1.29 is 4.79 Å². The van der Waals surface area contributed by atoms with Crippen molar-refractivity contribution in [1.82, 2.24) is 9.88 Å². The Labute approximate surface area is 145 Å². The average molecular weight is 335 g/mol. The van der Waals surface area contributed by atoms with E-state index in [9.17, 15) is 4.79 Å². The molecule has 2 aromatic rings. The van der Waals surface area contributed by atoms with Gasteiger partial charge in [0.25, 0.3) is 0 Å². The minimum absolute atomic E-state index is 0.448. The maximum Gasteiger partial charge on any atom is 0.166 e. The van der Waals surface area contributed by atoms with E-state index in [0.29, 0.717) is 0 Å². The van der Waals surface area contributed by atoms with Gasteiger partial charge in [-0.15, -0.1) is 0 Å². The molecule has 24 heavy (non-hydrogen) atoms. The van der Waals surface area contributed by atoms with Crippen LogP contribution >= 0.6 is 11.8 Å². The third-order valence-electron chi connectivity index (χ3n) is 4.25. The van der Waals surface area contributed by atoms with Gasteiger partial charge in [-0.1, -0.05) is 42.5 Å². The molecular weight excluding hydrogens is 318 g/mol. The van der Waals surface area contributed by atoms with E-state index in [1.54, 1.807) is 18.0 Å². The van der Waals surface area contributed by atoms with Crippen molar-refractivity contribution in [3.8, 4) is 0 Å². The topological polar surface area (TPSA) is 45.6 Å². The number of aliphatic imine (C=N–C) groups is 1. The number of rotatable bonds is 2. The molecule has 0 saturated carbocycles. The minimum Gasteiger partial charge on any atom is -0.346 e. The normalized spacial score (nSPS) is 20.0. The zero-order valence-electron chi connectivity index (χ0n) is 13.1. The lowest BCUT2D eigenvalue weighted by atomic mass is 10.0. The van der Waals surface area contributed by atoms with Crippen molar-refractivity contribution in [3.05, 3.63) is 65.9 Å². The Kier molecular flexibility index (Phi) is 4.17. The Morgan fingerprint density at radius 2 is 2.04 bits per heavy atom. The second-order valence-electron chi connectivity index (χ2n) is 5.80. The highest BCUT2D eigenvalue weighted by Gasteiger charge is 2.27. The van der Waals surface area contributed by atoms with Crippen LogP contribution in [0.1, 0.15) is 23.6 Å². The van der Waals surface area contributed by atoms with E-state index in [1.165, 1.54) is 11.1 Å². The molecule has 4 nitrogen and oxygen atoms in total. The van der Waals surface area contributed by atoms with Gasteiger partial charge in [-0.2, -0.15) is 0 Å². The highest BCUT2D eigenvalue weighted by atomic mass is 32.2. The summed E-state index contributed by atoms with van der Waals surface area (Å²) in [7, 11) is 0. The van der Waals surface area contributed by atoms with Crippen molar-refractivity contribution in [2.75, 3.05) is 13.1 Å². The number of pyridine rings is 1. The highest BCUT2D eigenvalue weighted by Crippen LogP contribution is 2.35. The first-order valence-electron chi connectivity index (χ1n) is 8.00. The predicted octanol–water partition coefficient (Wildman–Crippen LogP) is 3.57. The second kappa shape index (κ2) is 6.61. The zero-order valence-corrected chi connectivity index (χ0v) is 13.9. The van der Waals surface area contributed by atoms with Gasteiger partial charge in [0.15, 0.2) is 5.17 Å². The lowest BCUT2D eigenvalue weighted by Gasteiger charge is -2.32. The Morgan fingerprint density at radius 3 is 2.88 bits per heavy atom. The summed E-state index contributed by atoms with van der Waals surface area (Å²) in [5.74, 6) is 0. The van der Waals surface area contributed by atoms with Crippen molar-refractivity contribution in [1.29, 1.82) is 0 Å². The number of thioether (sulfide) groups is 1. The van der Waals surface area contributed by atoms with Crippen LogP contribution in [0.4, 0.5) is 0 Å². The lowest BCUT2D eigenvalue weighted by Crippen LogP contribution is -2.35. The van der Waals surface area contributed by atoms with Gasteiger partial charge in [-0.3, -0.25) is 0 Å². The molecule has 5 heteroatoms. The van der Waals surface area contributed by atoms with E-state index in [-0.39, 0.29) is 0 Å². The lowest BCUT2D eigenvalue weighted by molar-refractivity contribution is -0.109. The molecule has 1 aromatic carbocycles. The molecule has 0 N–H and O–H groups in total. The summed E-state index contributed by atoms with van der Waals surface area (Å²) in [5.41, 5.74) is 3.45. The van der Waals surface area contributed by atoms with Crippen molar-refractivity contribution in [3.63, 3.8) is 0 Å². The monoisotopic (exact) mass is 335 g/mol. The third-order valence-corrected chi connectivity index (χ3v) is 5.33. The van der Waals surface area contributed by atoms with Gasteiger partial charge < -0.3 is 9.69 Å². The first-order valence-corrected chi connectivity index (χ1v) is 8.82. The maximum atomic E-state index is 11.5. The molecule has 1 unspecified atom stereocenters. The molecular formula is C19H17N3OS. The fourth-order valence-corrected chi connectivity index (χ4v) is 4.08. The quantitative estimate of drug-likeness (QED) is 0.787. The van der Waals surface area contributed by atoms with E-state index in [0.717, 1.165) is 41.6 Å². The van der Waals surface area contributed by atoms with Crippen LogP contribution < -0.4 is 0 Å². The summed E-state index contributed by atoms with van der Waals surface area (Å²) >= 11 is 1.56. The maximum absolute atomic E-state index is 11.5. The molecule has 0 spiro atoms. The largest absolute Gasteiger partial charge is 0.346 e. The minimum atomic E-state index is -0.448. The van der Waals surface area contributed by atoms with Crippen molar-refractivity contribution in [2.45, 2.75) is 17.5 Å². The molecule has 2 aliphatic heterocycles. The Hall–Kier alpha value is -2.40. The van der Waals surface area contributed by atoms with Crippen LogP contribution in [0.3, 0.4) is 0 Å². The average Bonchev–Trinajstić information content (AvgIpc) is 2.68. The number of hydrogen-bond donors (Lipinski definition) is 0. The van der Waals surface area contributed by atoms with Gasteiger partial charge in [0.2, 0.25) is 0 Å². The van der Waals surface area contributed by atoms with E-state index in [2.05, 4.69) is 45.2 Å². The molecule has 0 radical (unpaired) electrons. The molecule has 2 aliphatic rings. The fraction of sp³-hybridized carbons (Fsp3) is 0.211. The number of benzene rings is 1. The molecule has 0 bridgehead atoms. The molecule has 0 fully saturated rings. The van der Waals surface area contributed by atoms with E-state index < -0.39 is 6.04 Å². The van der Waals surface area contributed by atoms with Gasteiger partial charge in [-0.05, 0) is 35.4 Å². The number of amidine groups is 1. The Bertz CT molecular complexity index is 816. The highest BCUT2D eigenvalue weighted by molar-refractivity contribution is 8.13. The molecule has 0 amide bonds. The Balaban J connectivity index is 1.60. The number of fused-ring (bicyclic) bond motifs is 1. The van der Waals surface area contributed by atoms with Crippen LogP contribution in [0.15, 0.2) is 64.8 Å². The molecule has 3 heterocycles. The smallest absolute Gasteiger partial charge is 0.166 e. The van der Waals surface area contributed by atoms with Crippen molar-refractivity contribution in [2.24, 2.45) is 4.99 Å². The number of hydrogen-bond acceptors (Lipinski definition) is 5. The zero-order chi connectivity index (χ0) is 16.4. The molecule has 4 rings (SSSR count). The number of nitrogens with zero attached hydrogens (tertiary/aromatic N) is 3. The summed E-state index contributed by atoms with van der Waals surface area (Å²) in [6, 6.07) is 13.8.